The molecule has 3 rings (SSSR count). The largest absolute Gasteiger partial charge is 0.496 e. The normalized spacial score (nSPS) is 10.4. The Hall–Kier alpha value is -3.81. The van der Waals surface area contributed by atoms with Gasteiger partial charge >= 0.3 is 5.97 Å². The number of nitrogens with two attached hydrogens (primary N) is 2. The molecule has 0 unspecified atom stereocenters. The Morgan fingerprint density at radius 3 is 2.28 bits per heavy atom. The number of rotatable bonds is 6. The highest BCUT2D eigenvalue weighted by atomic mass is 16.5. The number of methoxy groups -OCH3 is 3. The zero-order chi connectivity index (χ0) is 21.0. The first kappa shape index (κ1) is 19.9. The van der Waals surface area contributed by atoms with Gasteiger partial charge in [0.05, 0.1) is 32.5 Å². The van der Waals surface area contributed by atoms with Crippen molar-refractivity contribution < 1.29 is 19.0 Å². The molecule has 0 saturated carbocycles. The Morgan fingerprint density at radius 2 is 1.69 bits per heavy atom. The third-order valence-electron chi connectivity index (χ3n) is 4.48. The summed E-state index contributed by atoms with van der Waals surface area (Å²) in [4.78, 5) is 20.2. The topological polar surface area (TPSA) is 123 Å². The molecule has 150 valence electrons. The van der Waals surface area contributed by atoms with Crippen LogP contribution in [0.2, 0.25) is 0 Å². The van der Waals surface area contributed by atoms with E-state index in [0.29, 0.717) is 40.4 Å². The van der Waals surface area contributed by atoms with E-state index in [1.807, 2.05) is 24.3 Å². The van der Waals surface area contributed by atoms with Gasteiger partial charge in [0, 0.05) is 23.7 Å². The lowest BCUT2D eigenvalue weighted by Gasteiger charge is -2.17. The van der Waals surface area contributed by atoms with Crippen LogP contribution in [0.3, 0.4) is 0 Å². The summed E-state index contributed by atoms with van der Waals surface area (Å²) in [5.41, 5.74) is 14.8. The molecule has 4 N–H and O–H groups in total. The van der Waals surface area contributed by atoms with E-state index in [2.05, 4.69) is 9.97 Å². The molecule has 29 heavy (non-hydrogen) atoms. The van der Waals surface area contributed by atoms with Gasteiger partial charge in [-0.05, 0) is 23.8 Å². The van der Waals surface area contributed by atoms with Crippen molar-refractivity contribution in [1.82, 2.24) is 9.97 Å². The number of nitrogens with zero attached hydrogens (tertiary/aromatic N) is 2. The fraction of sp³-hybridized carbons (Fsp3) is 0.190. The minimum atomic E-state index is -0.444. The van der Waals surface area contributed by atoms with Crippen molar-refractivity contribution in [2.24, 2.45) is 0 Å². The van der Waals surface area contributed by atoms with E-state index in [1.165, 1.54) is 7.11 Å². The Morgan fingerprint density at radius 1 is 1.03 bits per heavy atom. The second kappa shape index (κ2) is 8.47. The van der Waals surface area contributed by atoms with Crippen molar-refractivity contribution in [3.8, 4) is 22.6 Å². The highest BCUT2D eigenvalue weighted by molar-refractivity contribution is 5.99. The van der Waals surface area contributed by atoms with Crippen LogP contribution < -0.4 is 20.9 Å². The van der Waals surface area contributed by atoms with Gasteiger partial charge in [0.2, 0.25) is 5.95 Å². The first-order valence-electron chi connectivity index (χ1n) is 8.78. The van der Waals surface area contributed by atoms with Crippen LogP contribution in [0.4, 0.5) is 11.8 Å². The summed E-state index contributed by atoms with van der Waals surface area (Å²) < 4.78 is 16.2. The molecular formula is C21H22N4O4. The van der Waals surface area contributed by atoms with Crippen molar-refractivity contribution in [1.29, 1.82) is 0 Å². The number of esters is 1. The molecule has 8 heteroatoms. The van der Waals surface area contributed by atoms with E-state index in [-0.39, 0.29) is 5.95 Å². The van der Waals surface area contributed by atoms with Crippen LogP contribution in [-0.4, -0.2) is 37.3 Å². The van der Waals surface area contributed by atoms with E-state index in [0.717, 1.165) is 11.1 Å². The summed E-state index contributed by atoms with van der Waals surface area (Å²) >= 11 is 0. The number of aromatic nitrogens is 2. The van der Waals surface area contributed by atoms with Crippen LogP contribution in [-0.2, 0) is 11.2 Å². The lowest BCUT2D eigenvalue weighted by molar-refractivity contribution is 0.0601. The zero-order valence-electron chi connectivity index (χ0n) is 16.4. The second-order valence-electron chi connectivity index (χ2n) is 6.23. The van der Waals surface area contributed by atoms with Crippen LogP contribution in [0.5, 0.6) is 11.5 Å². The van der Waals surface area contributed by atoms with Crippen molar-refractivity contribution >= 4 is 17.7 Å². The number of hydrogen-bond acceptors (Lipinski definition) is 8. The SMILES string of the molecule is COC(=O)c1ccccc1-c1c(OC)cc(Cc2cnc(N)nc2N)cc1OC. The first-order valence-corrected chi connectivity index (χ1v) is 8.78. The summed E-state index contributed by atoms with van der Waals surface area (Å²) in [6, 6.07) is 10.8. The highest BCUT2D eigenvalue weighted by Crippen LogP contribution is 2.41. The summed E-state index contributed by atoms with van der Waals surface area (Å²) in [7, 11) is 4.46. The van der Waals surface area contributed by atoms with E-state index in [1.54, 1.807) is 32.5 Å². The smallest absolute Gasteiger partial charge is 0.338 e. The van der Waals surface area contributed by atoms with Gasteiger partial charge < -0.3 is 25.7 Å². The van der Waals surface area contributed by atoms with Crippen molar-refractivity contribution in [2.45, 2.75) is 6.42 Å². The number of anilines is 2. The number of ether oxygens (including phenoxy) is 3. The molecular weight excluding hydrogens is 372 g/mol. The molecule has 0 radical (unpaired) electrons. The number of nitrogen functional groups attached to an aromatic ring is 2. The predicted molar refractivity (Wildman–Crippen MR) is 110 cm³/mol. The Kier molecular flexibility index (Phi) is 5.82. The minimum Gasteiger partial charge on any atom is -0.496 e. The Balaban J connectivity index is 2.12. The fourth-order valence-electron chi connectivity index (χ4n) is 3.11. The van der Waals surface area contributed by atoms with E-state index in [4.69, 9.17) is 25.7 Å². The van der Waals surface area contributed by atoms with Crippen molar-refractivity contribution in [2.75, 3.05) is 32.8 Å². The molecule has 2 aromatic carbocycles. The molecule has 0 aliphatic rings. The van der Waals surface area contributed by atoms with Crippen LogP contribution in [0.15, 0.2) is 42.6 Å². The molecule has 0 amide bonds. The Labute approximate surface area is 168 Å². The van der Waals surface area contributed by atoms with Crippen LogP contribution in [0.25, 0.3) is 11.1 Å². The van der Waals surface area contributed by atoms with Crippen molar-refractivity contribution in [3.05, 3.63) is 59.3 Å². The van der Waals surface area contributed by atoms with Gasteiger partial charge in [-0.1, -0.05) is 18.2 Å². The molecule has 3 aromatic rings. The molecule has 0 saturated heterocycles. The van der Waals surface area contributed by atoms with E-state index >= 15 is 0 Å². The minimum absolute atomic E-state index is 0.121. The Bertz CT molecular complexity index is 1030. The molecule has 1 aromatic heterocycles. The summed E-state index contributed by atoms with van der Waals surface area (Å²) in [6.07, 6.45) is 2.05. The summed E-state index contributed by atoms with van der Waals surface area (Å²) in [6.45, 7) is 0. The van der Waals surface area contributed by atoms with Gasteiger partial charge in [0.25, 0.3) is 0 Å². The van der Waals surface area contributed by atoms with Gasteiger partial charge in [0.15, 0.2) is 0 Å². The van der Waals surface area contributed by atoms with Gasteiger partial charge in [-0.15, -0.1) is 0 Å². The number of hydrogen-bond donors (Lipinski definition) is 2. The third-order valence-corrected chi connectivity index (χ3v) is 4.48. The second-order valence-corrected chi connectivity index (χ2v) is 6.23. The van der Waals surface area contributed by atoms with Crippen LogP contribution >= 0.6 is 0 Å². The molecule has 0 aliphatic carbocycles. The number of benzene rings is 2. The summed E-state index contributed by atoms with van der Waals surface area (Å²) in [5.74, 6) is 1.09. The number of carbonyl (C=O) groups is 1. The fourth-order valence-corrected chi connectivity index (χ4v) is 3.11. The maximum Gasteiger partial charge on any atom is 0.338 e. The monoisotopic (exact) mass is 394 g/mol. The van der Waals surface area contributed by atoms with Crippen LogP contribution in [0.1, 0.15) is 21.5 Å². The lowest BCUT2D eigenvalue weighted by Crippen LogP contribution is -2.06. The molecule has 0 spiro atoms. The van der Waals surface area contributed by atoms with E-state index < -0.39 is 5.97 Å². The first-order chi connectivity index (χ1) is 14.0. The molecule has 8 nitrogen and oxygen atoms in total. The molecule has 0 atom stereocenters. The maximum absolute atomic E-state index is 12.2. The highest BCUT2D eigenvalue weighted by Gasteiger charge is 2.21. The zero-order valence-corrected chi connectivity index (χ0v) is 16.4. The van der Waals surface area contributed by atoms with Crippen molar-refractivity contribution in [3.63, 3.8) is 0 Å². The molecule has 0 bridgehead atoms. The van der Waals surface area contributed by atoms with Gasteiger partial charge in [-0.25, -0.2) is 9.78 Å². The average Bonchev–Trinajstić information content (AvgIpc) is 2.74. The quantitative estimate of drug-likeness (QED) is 0.612. The third kappa shape index (κ3) is 4.06. The molecule has 0 fully saturated rings. The van der Waals surface area contributed by atoms with E-state index in [9.17, 15) is 4.79 Å². The lowest BCUT2D eigenvalue weighted by atomic mass is 9.95. The van der Waals surface area contributed by atoms with Gasteiger partial charge in [0.1, 0.15) is 17.3 Å². The average molecular weight is 394 g/mol. The standard InChI is InChI=1S/C21H22N4O4/c1-27-16-9-12(8-13-11-24-21(23)25-19(13)22)10-17(28-2)18(16)14-6-4-5-7-15(14)20(26)29-3/h4-7,9-11H,8H2,1-3H3,(H4,22,23,24,25). The predicted octanol–water partition coefficient (Wildman–Crippen LogP) is 2.70. The maximum atomic E-state index is 12.2. The number of carbonyl (C=O) groups excluding carboxylic acids is 1. The summed E-state index contributed by atoms with van der Waals surface area (Å²) in [5, 5.41) is 0. The molecule has 1 heterocycles. The van der Waals surface area contributed by atoms with Gasteiger partial charge in [-0.2, -0.15) is 4.98 Å². The van der Waals surface area contributed by atoms with Gasteiger partial charge in [-0.3, -0.25) is 0 Å². The molecule has 0 aliphatic heterocycles. The van der Waals surface area contributed by atoms with Crippen LogP contribution in [0, 0.1) is 0 Å².